The molecule has 1 aliphatic rings. The lowest BCUT2D eigenvalue weighted by Crippen LogP contribution is -2.07. The van der Waals surface area contributed by atoms with Crippen LogP contribution in [0, 0.1) is 5.92 Å². The second-order valence-electron chi connectivity index (χ2n) is 3.52. The van der Waals surface area contributed by atoms with Crippen molar-refractivity contribution in [3.63, 3.8) is 0 Å². The van der Waals surface area contributed by atoms with Crippen molar-refractivity contribution in [1.82, 2.24) is 0 Å². The summed E-state index contributed by atoms with van der Waals surface area (Å²) in [5.41, 5.74) is 1.03. The van der Waals surface area contributed by atoms with Gasteiger partial charge in [0.15, 0.2) is 0 Å². The highest BCUT2D eigenvalue weighted by Gasteiger charge is 2.19. The quantitative estimate of drug-likeness (QED) is 0.683. The molecular weight excluding hydrogens is 160 g/mol. The van der Waals surface area contributed by atoms with E-state index in [1.165, 1.54) is 0 Å². The lowest BCUT2D eigenvalue weighted by molar-refractivity contribution is 0.131. The van der Waals surface area contributed by atoms with E-state index in [0.29, 0.717) is 5.92 Å². The van der Waals surface area contributed by atoms with E-state index in [9.17, 15) is 5.11 Å². The Balaban J connectivity index is 2.13. The molecule has 68 valence electrons. The normalized spacial score (nSPS) is 23.3. The number of allylic oxidation sites excluding steroid dienone is 1. The van der Waals surface area contributed by atoms with Crippen LogP contribution < -0.4 is 0 Å². The van der Waals surface area contributed by atoms with Crippen LogP contribution in [-0.4, -0.2) is 5.11 Å². The van der Waals surface area contributed by atoms with Crippen LogP contribution in [0.2, 0.25) is 0 Å². The monoisotopic (exact) mass is 174 g/mol. The predicted octanol–water partition coefficient (Wildman–Crippen LogP) is 2.69. The van der Waals surface area contributed by atoms with Crippen molar-refractivity contribution in [2.45, 2.75) is 18.9 Å². The molecule has 0 radical (unpaired) electrons. The van der Waals surface area contributed by atoms with Crippen molar-refractivity contribution in [1.29, 1.82) is 0 Å². The zero-order valence-corrected chi connectivity index (χ0v) is 7.56. The van der Waals surface area contributed by atoms with Gasteiger partial charge >= 0.3 is 0 Å². The summed E-state index contributed by atoms with van der Waals surface area (Å²) in [6.45, 7) is 0. The van der Waals surface area contributed by atoms with E-state index < -0.39 is 0 Å². The summed E-state index contributed by atoms with van der Waals surface area (Å²) >= 11 is 0. The molecule has 1 aliphatic carbocycles. The average Bonchev–Trinajstić information content (AvgIpc) is 2.71. The molecule has 2 atom stereocenters. The third kappa shape index (κ3) is 1.81. The van der Waals surface area contributed by atoms with Gasteiger partial charge in [0.2, 0.25) is 0 Å². The Bertz CT molecular complexity index is 289. The average molecular weight is 174 g/mol. The van der Waals surface area contributed by atoms with Crippen molar-refractivity contribution in [2.75, 3.05) is 0 Å². The van der Waals surface area contributed by atoms with Crippen LogP contribution in [-0.2, 0) is 0 Å². The Morgan fingerprint density at radius 2 is 2.00 bits per heavy atom. The lowest BCUT2D eigenvalue weighted by Gasteiger charge is -2.16. The number of hydrogen-bond donors (Lipinski definition) is 1. The summed E-state index contributed by atoms with van der Waals surface area (Å²) in [5.74, 6) is 0.322. The summed E-state index contributed by atoms with van der Waals surface area (Å²) in [7, 11) is 0. The fourth-order valence-electron chi connectivity index (χ4n) is 1.82. The molecule has 0 heterocycles. The highest BCUT2D eigenvalue weighted by Crippen LogP contribution is 2.30. The van der Waals surface area contributed by atoms with Gasteiger partial charge in [-0.25, -0.2) is 0 Å². The summed E-state index contributed by atoms with van der Waals surface area (Å²) in [4.78, 5) is 0. The molecule has 13 heavy (non-hydrogen) atoms. The van der Waals surface area contributed by atoms with Gasteiger partial charge in [0, 0.05) is 5.92 Å². The number of benzene rings is 1. The Kier molecular flexibility index (Phi) is 2.46. The molecule has 0 aromatic heterocycles. The molecule has 1 nitrogen and oxygen atoms in total. The van der Waals surface area contributed by atoms with Crippen LogP contribution >= 0.6 is 0 Å². The van der Waals surface area contributed by atoms with Gasteiger partial charge in [-0.2, -0.15) is 0 Å². The molecule has 1 N–H and O–H groups in total. The maximum absolute atomic E-state index is 9.97. The molecule has 1 heteroatoms. The first-order chi connectivity index (χ1) is 6.38. The number of hydrogen-bond acceptors (Lipinski definition) is 1. The molecule has 0 saturated carbocycles. The fraction of sp³-hybridized carbons (Fsp3) is 0.333. The van der Waals surface area contributed by atoms with E-state index in [4.69, 9.17) is 0 Å². The lowest BCUT2D eigenvalue weighted by atomic mass is 9.95. The smallest absolute Gasteiger partial charge is 0.0852 e. The van der Waals surface area contributed by atoms with Crippen molar-refractivity contribution in [3.05, 3.63) is 48.0 Å². The Morgan fingerprint density at radius 3 is 2.62 bits per heavy atom. The first kappa shape index (κ1) is 8.52. The van der Waals surface area contributed by atoms with Crippen LogP contribution in [0.5, 0.6) is 0 Å². The van der Waals surface area contributed by atoms with E-state index >= 15 is 0 Å². The summed E-state index contributed by atoms with van der Waals surface area (Å²) < 4.78 is 0. The number of aliphatic hydroxyl groups is 1. The highest BCUT2D eigenvalue weighted by atomic mass is 16.3. The molecule has 0 unspecified atom stereocenters. The summed E-state index contributed by atoms with van der Waals surface area (Å²) in [5, 5.41) is 9.97. The topological polar surface area (TPSA) is 20.2 Å². The van der Waals surface area contributed by atoms with Gasteiger partial charge in [-0.3, -0.25) is 0 Å². The first-order valence-electron chi connectivity index (χ1n) is 4.77. The van der Waals surface area contributed by atoms with Gasteiger partial charge in [0.1, 0.15) is 0 Å². The zero-order chi connectivity index (χ0) is 9.10. The maximum Gasteiger partial charge on any atom is 0.0852 e. The second kappa shape index (κ2) is 3.75. The third-order valence-corrected chi connectivity index (χ3v) is 2.60. The summed E-state index contributed by atoms with van der Waals surface area (Å²) in [6.07, 6.45) is 6.14. The maximum atomic E-state index is 9.97. The van der Waals surface area contributed by atoms with Gasteiger partial charge in [-0.05, 0) is 18.4 Å². The molecular formula is C12H14O. The molecule has 0 bridgehead atoms. The van der Waals surface area contributed by atoms with Crippen LogP contribution in [0.3, 0.4) is 0 Å². The largest absolute Gasteiger partial charge is 0.388 e. The minimum Gasteiger partial charge on any atom is -0.388 e. The van der Waals surface area contributed by atoms with Crippen LogP contribution in [0.1, 0.15) is 24.5 Å². The molecule has 1 aromatic carbocycles. The van der Waals surface area contributed by atoms with Crippen molar-refractivity contribution < 1.29 is 5.11 Å². The Morgan fingerprint density at radius 1 is 1.23 bits per heavy atom. The fourth-order valence-corrected chi connectivity index (χ4v) is 1.82. The number of rotatable bonds is 2. The Hall–Kier alpha value is -1.08. The highest BCUT2D eigenvalue weighted by molar-refractivity contribution is 5.20. The molecule has 0 saturated heterocycles. The second-order valence-corrected chi connectivity index (χ2v) is 3.52. The third-order valence-electron chi connectivity index (χ3n) is 2.60. The minimum atomic E-state index is -0.319. The first-order valence-corrected chi connectivity index (χ1v) is 4.77. The van der Waals surface area contributed by atoms with Crippen LogP contribution in [0.4, 0.5) is 0 Å². The zero-order valence-electron chi connectivity index (χ0n) is 7.56. The van der Waals surface area contributed by atoms with E-state index in [2.05, 4.69) is 12.2 Å². The van der Waals surface area contributed by atoms with Crippen molar-refractivity contribution >= 4 is 0 Å². The predicted molar refractivity (Wildman–Crippen MR) is 53.3 cm³/mol. The van der Waals surface area contributed by atoms with E-state index in [0.717, 1.165) is 18.4 Å². The standard InChI is InChI=1S/C12H14O/c13-12(11-8-4-5-9-11)10-6-2-1-3-7-10/h1-4,6-8,11-13H,5,9H2/t11-,12+/m1/s1. The van der Waals surface area contributed by atoms with Gasteiger partial charge in [0.05, 0.1) is 6.10 Å². The van der Waals surface area contributed by atoms with Gasteiger partial charge < -0.3 is 5.11 Å². The molecule has 1 aromatic rings. The van der Waals surface area contributed by atoms with Crippen LogP contribution in [0.25, 0.3) is 0 Å². The minimum absolute atomic E-state index is 0.319. The molecule has 0 fully saturated rings. The van der Waals surface area contributed by atoms with Crippen molar-refractivity contribution in [2.24, 2.45) is 5.92 Å². The van der Waals surface area contributed by atoms with Crippen LogP contribution in [0.15, 0.2) is 42.5 Å². The molecule has 2 rings (SSSR count). The van der Waals surface area contributed by atoms with E-state index in [1.807, 2.05) is 30.3 Å². The van der Waals surface area contributed by atoms with E-state index in [-0.39, 0.29) is 6.10 Å². The number of aliphatic hydroxyl groups excluding tert-OH is 1. The van der Waals surface area contributed by atoms with Gasteiger partial charge in [0.25, 0.3) is 0 Å². The SMILES string of the molecule is O[C@@H](c1ccccc1)[C@@H]1C=CCC1. The van der Waals surface area contributed by atoms with Crippen molar-refractivity contribution in [3.8, 4) is 0 Å². The molecule has 0 aliphatic heterocycles. The van der Waals surface area contributed by atoms with Gasteiger partial charge in [-0.15, -0.1) is 0 Å². The van der Waals surface area contributed by atoms with E-state index in [1.54, 1.807) is 0 Å². The Labute approximate surface area is 78.7 Å². The molecule has 0 amide bonds. The summed E-state index contributed by atoms with van der Waals surface area (Å²) in [6, 6.07) is 9.88. The van der Waals surface area contributed by atoms with Gasteiger partial charge in [-0.1, -0.05) is 42.5 Å². The molecule has 0 spiro atoms.